The summed E-state index contributed by atoms with van der Waals surface area (Å²) in [4.78, 5) is 18.8. The maximum absolute atomic E-state index is 13.0. The Balaban J connectivity index is 1.53. The molecule has 0 unspecified atom stereocenters. The third-order valence-corrected chi connectivity index (χ3v) is 5.27. The molecule has 146 valence electrons. The number of aromatic nitrogens is 2. The first-order chi connectivity index (χ1) is 12.9. The van der Waals surface area contributed by atoms with Crippen molar-refractivity contribution >= 4 is 5.91 Å². The van der Waals surface area contributed by atoms with Crippen LogP contribution < -0.4 is 0 Å². The molecule has 7 heteroatoms. The third kappa shape index (κ3) is 5.14. The molecule has 0 atom stereocenters. The molecule has 1 saturated heterocycles. The van der Waals surface area contributed by atoms with Crippen molar-refractivity contribution in [2.24, 2.45) is 0 Å². The fraction of sp³-hybridized carbons (Fsp3) is 0.500. The Kier molecular flexibility index (Phi) is 6.23. The second-order valence-corrected chi connectivity index (χ2v) is 7.47. The summed E-state index contributed by atoms with van der Waals surface area (Å²) in [6, 6.07) is 6.64. The van der Waals surface area contributed by atoms with E-state index in [-0.39, 0.29) is 11.7 Å². The van der Waals surface area contributed by atoms with E-state index >= 15 is 0 Å². The summed E-state index contributed by atoms with van der Waals surface area (Å²) < 4.78 is 14.7. The van der Waals surface area contributed by atoms with E-state index in [1.165, 1.54) is 12.1 Å². The summed E-state index contributed by atoms with van der Waals surface area (Å²) in [5, 5.41) is 4.31. The van der Waals surface area contributed by atoms with E-state index in [9.17, 15) is 9.18 Å². The van der Waals surface area contributed by atoms with Gasteiger partial charge in [-0.1, -0.05) is 0 Å². The minimum absolute atomic E-state index is 0.103. The third-order valence-electron chi connectivity index (χ3n) is 5.27. The Labute approximate surface area is 160 Å². The number of likely N-dealkylation sites (N-methyl/N-ethyl adjacent to an activating group) is 2. The van der Waals surface area contributed by atoms with Gasteiger partial charge in [-0.15, -0.1) is 0 Å². The molecule has 1 amide bonds. The monoisotopic (exact) mass is 373 g/mol. The van der Waals surface area contributed by atoms with Crippen molar-refractivity contribution in [1.82, 2.24) is 24.5 Å². The molecule has 1 fully saturated rings. The lowest BCUT2D eigenvalue weighted by Gasteiger charge is -2.35. The average molecular weight is 373 g/mol. The lowest BCUT2D eigenvalue weighted by Crippen LogP contribution is -2.45. The van der Waals surface area contributed by atoms with Gasteiger partial charge in [0.15, 0.2) is 0 Å². The summed E-state index contributed by atoms with van der Waals surface area (Å²) in [5.74, 6) is -0.170. The van der Waals surface area contributed by atoms with Crippen LogP contribution in [0.15, 0.2) is 36.7 Å². The first-order valence-electron chi connectivity index (χ1n) is 9.34. The standard InChI is InChI=1S/C20H28FN5O/c1-23-10-8-18(9-11-23)24(2)15-20(27)25(3)13-16-12-22-26(14-16)19-6-4-17(21)5-7-19/h4-7,12,14,18H,8-11,13,15H2,1-3H3. The van der Waals surface area contributed by atoms with E-state index in [1.807, 2.05) is 20.3 Å². The van der Waals surface area contributed by atoms with E-state index in [0.29, 0.717) is 19.1 Å². The van der Waals surface area contributed by atoms with Crippen LogP contribution in [0.1, 0.15) is 18.4 Å². The van der Waals surface area contributed by atoms with Gasteiger partial charge in [-0.05, 0) is 64.3 Å². The molecule has 1 aliphatic rings. The fourth-order valence-corrected chi connectivity index (χ4v) is 3.44. The Hall–Kier alpha value is -2.25. The van der Waals surface area contributed by atoms with E-state index < -0.39 is 0 Å². The Morgan fingerprint density at radius 1 is 1.22 bits per heavy atom. The molecule has 3 rings (SSSR count). The fourth-order valence-electron chi connectivity index (χ4n) is 3.44. The van der Waals surface area contributed by atoms with E-state index in [1.54, 1.807) is 27.9 Å². The smallest absolute Gasteiger partial charge is 0.236 e. The van der Waals surface area contributed by atoms with Gasteiger partial charge in [0, 0.05) is 31.4 Å². The number of hydrogen-bond donors (Lipinski definition) is 0. The molecule has 1 aliphatic heterocycles. The van der Waals surface area contributed by atoms with Crippen molar-refractivity contribution in [3.05, 3.63) is 48.0 Å². The van der Waals surface area contributed by atoms with Gasteiger partial charge in [0.05, 0.1) is 18.4 Å². The highest BCUT2D eigenvalue weighted by molar-refractivity contribution is 5.78. The number of amides is 1. The maximum Gasteiger partial charge on any atom is 0.236 e. The van der Waals surface area contributed by atoms with Crippen LogP contribution in [-0.2, 0) is 11.3 Å². The van der Waals surface area contributed by atoms with Gasteiger partial charge in [0.1, 0.15) is 5.82 Å². The Morgan fingerprint density at radius 3 is 2.56 bits per heavy atom. The molecular formula is C20H28FN5O. The van der Waals surface area contributed by atoms with Crippen molar-refractivity contribution in [3.8, 4) is 5.69 Å². The predicted octanol–water partition coefficient (Wildman–Crippen LogP) is 2.00. The van der Waals surface area contributed by atoms with Crippen LogP contribution in [0.3, 0.4) is 0 Å². The zero-order chi connectivity index (χ0) is 19.4. The van der Waals surface area contributed by atoms with Crippen molar-refractivity contribution in [3.63, 3.8) is 0 Å². The van der Waals surface area contributed by atoms with Crippen LogP contribution >= 0.6 is 0 Å². The number of carbonyl (C=O) groups excluding carboxylic acids is 1. The second kappa shape index (κ2) is 8.63. The molecule has 0 radical (unpaired) electrons. The van der Waals surface area contributed by atoms with Crippen molar-refractivity contribution in [1.29, 1.82) is 0 Å². The van der Waals surface area contributed by atoms with E-state index in [4.69, 9.17) is 0 Å². The van der Waals surface area contributed by atoms with Crippen molar-refractivity contribution in [2.75, 3.05) is 40.8 Å². The number of benzene rings is 1. The van der Waals surface area contributed by atoms with Gasteiger partial charge in [0.25, 0.3) is 0 Å². The Morgan fingerprint density at radius 2 is 1.89 bits per heavy atom. The number of nitrogens with zero attached hydrogens (tertiary/aromatic N) is 5. The molecule has 0 spiro atoms. The topological polar surface area (TPSA) is 44.6 Å². The predicted molar refractivity (Wildman–Crippen MR) is 103 cm³/mol. The largest absolute Gasteiger partial charge is 0.340 e. The number of rotatable bonds is 6. The van der Waals surface area contributed by atoms with Gasteiger partial charge < -0.3 is 9.80 Å². The summed E-state index contributed by atoms with van der Waals surface area (Å²) in [7, 11) is 6.00. The second-order valence-electron chi connectivity index (χ2n) is 7.47. The number of hydrogen-bond acceptors (Lipinski definition) is 4. The highest BCUT2D eigenvalue weighted by Gasteiger charge is 2.23. The molecule has 0 saturated carbocycles. The lowest BCUT2D eigenvalue weighted by molar-refractivity contribution is -0.132. The van der Waals surface area contributed by atoms with Gasteiger partial charge in [-0.2, -0.15) is 5.10 Å². The lowest BCUT2D eigenvalue weighted by atomic mass is 10.0. The van der Waals surface area contributed by atoms with Gasteiger partial charge in [-0.25, -0.2) is 9.07 Å². The van der Waals surface area contributed by atoms with Crippen LogP contribution in [0.5, 0.6) is 0 Å². The zero-order valence-electron chi connectivity index (χ0n) is 16.3. The number of halogens is 1. The highest BCUT2D eigenvalue weighted by Crippen LogP contribution is 2.15. The first-order valence-corrected chi connectivity index (χ1v) is 9.34. The summed E-state index contributed by atoms with van der Waals surface area (Å²) in [5.41, 5.74) is 1.73. The molecule has 0 N–H and O–H groups in total. The van der Waals surface area contributed by atoms with Crippen LogP contribution in [-0.4, -0.2) is 77.2 Å². The molecule has 6 nitrogen and oxygen atoms in total. The molecule has 0 bridgehead atoms. The molecule has 1 aromatic heterocycles. The molecular weight excluding hydrogens is 345 g/mol. The normalized spacial score (nSPS) is 16.0. The SMILES string of the molecule is CN1CCC(N(C)CC(=O)N(C)Cc2cnn(-c3ccc(F)cc3)c2)CC1. The van der Waals surface area contributed by atoms with Crippen LogP contribution in [0, 0.1) is 5.82 Å². The highest BCUT2D eigenvalue weighted by atomic mass is 19.1. The molecule has 2 aromatic rings. The van der Waals surface area contributed by atoms with Crippen molar-refractivity contribution < 1.29 is 9.18 Å². The van der Waals surface area contributed by atoms with Crippen molar-refractivity contribution in [2.45, 2.75) is 25.4 Å². The average Bonchev–Trinajstić information content (AvgIpc) is 3.11. The number of piperidine rings is 1. The van der Waals surface area contributed by atoms with Crippen LogP contribution in [0.2, 0.25) is 0 Å². The van der Waals surface area contributed by atoms with E-state index in [2.05, 4.69) is 21.9 Å². The number of likely N-dealkylation sites (tertiary alicyclic amines) is 1. The van der Waals surface area contributed by atoms with Crippen LogP contribution in [0.25, 0.3) is 5.69 Å². The molecule has 2 heterocycles. The van der Waals surface area contributed by atoms with Gasteiger partial charge >= 0.3 is 0 Å². The van der Waals surface area contributed by atoms with Crippen LogP contribution in [0.4, 0.5) is 4.39 Å². The summed E-state index contributed by atoms with van der Waals surface area (Å²) >= 11 is 0. The first kappa shape index (κ1) is 19.5. The maximum atomic E-state index is 13.0. The number of carbonyl (C=O) groups is 1. The summed E-state index contributed by atoms with van der Waals surface area (Å²) in [6.07, 6.45) is 5.83. The molecule has 0 aliphatic carbocycles. The zero-order valence-corrected chi connectivity index (χ0v) is 16.3. The minimum Gasteiger partial charge on any atom is -0.340 e. The molecule has 27 heavy (non-hydrogen) atoms. The molecule has 1 aromatic carbocycles. The van der Waals surface area contributed by atoms with E-state index in [0.717, 1.165) is 37.2 Å². The Bertz CT molecular complexity index is 752. The van der Waals surface area contributed by atoms with Gasteiger partial charge in [0.2, 0.25) is 5.91 Å². The quantitative estimate of drug-likeness (QED) is 0.777. The van der Waals surface area contributed by atoms with Gasteiger partial charge in [-0.3, -0.25) is 9.69 Å². The summed E-state index contributed by atoms with van der Waals surface area (Å²) in [6.45, 7) is 3.10. The minimum atomic E-state index is -0.273.